The van der Waals surface area contributed by atoms with Crippen LogP contribution in [0.5, 0.6) is 17.4 Å². The molecule has 1 aromatic heterocycles. The number of rotatable bonds is 6. The highest BCUT2D eigenvalue weighted by Crippen LogP contribution is 2.28. The van der Waals surface area contributed by atoms with Gasteiger partial charge in [-0.25, -0.2) is 8.78 Å². The Morgan fingerprint density at radius 3 is 2.62 bits per heavy atom. The van der Waals surface area contributed by atoms with Gasteiger partial charge in [0.2, 0.25) is 0 Å². The van der Waals surface area contributed by atoms with E-state index in [9.17, 15) is 8.78 Å². The Kier molecular flexibility index (Phi) is 4.92. The third-order valence-corrected chi connectivity index (χ3v) is 2.70. The molecule has 6 heteroatoms. The van der Waals surface area contributed by atoms with Crippen molar-refractivity contribution in [3.63, 3.8) is 0 Å². The largest absolute Gasteiger partial charge is 0.497 e. The van der Waals surface area contributed by atoms with Crippen molar-refractivity contribution in [1.82, 2.24) is 4.98 Å². The zero-order valence-electron chi connectivity index (χ0n) is 11.8. The monoisotopic (exact) mass is 294 g/mol. The van der Waals surface area contributed by atoms with Crippen molar-refractivity contribution in [2.75, 3.05) is 19.0 Å². The molecule has 2 rings (SSSR count). The average molecular weight is 294 g/mol. The Hall–Kier alpha value is -2.37. The molecule has 0 bridgehead atoms. The van der Waals surface area contributed by atoms with Crippen LogP contribution < -0.4 is 14.8 Å². The first-order valence-electron chi connectivity index (χ1n) is 6.56. The summed E-state index contributed by atoms with van der Waals surface area (Å²) >= 11 is 0. The van der Waals surface area contributed by atoms with Gasteiger partial charge >= 0.3 is 0 Å². The normalized spacial score (nSPS) is 10.3. The number of pyridine rings is 1. The number of anilines is 1. The molecule has 0 amide bonds. The zero-order valence-corrected chi connectivity index (χ0v) is 11.8. The van der Waals surface area contributed by atoms with Crippen LogP contribution in [0.3, 0.4) is 0 Å². The maximum absolute atomic E-state index is 13.7. The quantitative estimate of drug-likeness (QED) is 0.875. The first-order valence-corrected chi connectivity index (χ1v) is 6.56. The second-order valence-corrected chi connectivity index (χ2v) is 4.31. The van der Waals surface area contributed by atoms with Gasteiger partial charge in [0.15, 0.2) is 17.5 Å². The van der Waals surface area contributed by atoms with Crippen molar-refractivity contribution < 1.29 is 18.3 Å². The van der Waals surface area contributed by atoms with E-state index in [0.29, 0.717) is 18.0 Å². The summed E-state index contributed by atoms with van der Waals surface area (Å²) in [4.78, 5) is 3.84. The summed E-state index contributed by atoms with van der Waals surface area (Å²) < 4.78 is 37.7. The van der Waals surface area contributed by atoms with Gasteiger partial charge in [0, 0.05) is 18.7 Å². The molecule has 4 nitrogen and oxygen atoms in total. The van der Waals surface area contributed by atoms with E-state index in [1.54, 1.807) is 24.3 Å². The van der Waals surface area contributed by atoms with Gasteiger partial charge < -0.3 is 14.8 Å². The van der Waals surface area contributed by atoms with E-state index in [2.05, 4.69) is 10.3 Å². The number of methoxy groups -OCH3 is 1. The van der Waals surface area contributed by atoms with Crippen LogP contribution in [-0.2, 0) is 0 Å². The average Bonchev–Trinajstić information content (AvgIpc) is 2.49. The molecule has 0 aliphatic heterocycles. The molecule has 1 aromatic carbocycles. The van der Waals surface area contributed by atoms with Gasteiger partial charge in [0.05, 0.1) is 7.11 Å². The number of nitrogens with one attached hydrogen (secondary N) is 1. The summed E-state index contributed by atoms with van der Waals surface area (Å²) in [6.45, 7) is 2.47. The molecule has 0 saturated heterocycles. The number of hydrogen-bond acceptors (Lipinski definition) is 4. The highest BCUT2D eigenvalue weighted by molar-refractivity contribution is 5.42. The van der Waals surface area contributed by atoms with Gasteiger partial charge in [0.1, 0.15) is 11.5 Å². The molecule has 2 aromatic rings. The van der Waals surface area contributed by atoms with E-state index in [4.69, 9.17) is 9.47 Å². The molecule has 0 radical (unpaired) electrons. The predicted octanol–water partition coefficient (Wildman–Crippen LogP) is 3.98. The maximum Gasteiger partial charge on any atom is 0.258 e. The minimum absolute atomic E-state index is 0.0313. The van der Waals surface area contributed by atoms with Crippen molar-refractivity contribution in [3.05, 3.63) is 42.0 Å². The lowest BCUT2D eigenvalue weighted by atomic mass is 10.3. The van der Waals surface area contributed by atoms with E-state index in [1.165, 1.54) is 7.11 Å². The second-order valence-electron chi connectivity index (χ2n) is 4.31. The van der Waals surface area contributed by atoms with E-state index in [-0.39, 0.29) is 11.7 Å². The molecule has 0 atom stereocenters. The van der Waals surface area contributed by atoms with E-state index >= 15 is 0 Å². The molecule has 0 spiro atoms. The first-order chi connectivity index (χ1) is 10.1. The Balaban J connectivity index is 2.25. The van der Waals surface area contributed by atoms with Gasteiger partial charge in [-0.2, -0.15) is 4.98 Å². The van der Waals surface area contributed by atoms with Crippen molar-refractivity contribution in [1.29, 1.82) is 0 Å². The smallest absolute Gasteiger partial charge is 0.258 e. The number of benzene rings is 1. The van der Waals surface area contributed by atoms with Crippen LogP contribution in [0, 0.1) is 11.6 Å². The summed E-state index contributed by atoms with van der Waals surface area (Å²) in [6, 6.07) is 7.40. The fourth-order valence-electron chi connectivity index (χ4n) is 1.66. The molecule has 21 heavy (non-hydrogen) atoms. The molecule has 0 aliphatic carbocycles. The van der Waals surface area contributed by atoms with Gasteiger partial charge in [-0.3, -0.25) is 0 Å². The van der Waals surface area contributed by atoms with Crippen LogP contribution >= 0.6 is 0 Å². The highest BCUT2D eigenvalue weighted by Gasteiger charge is 2.13. The van der Waals surface area contributed by atoms with E-state index < -0.39 is 11.6 Å². The molecule has 1 heterocycles. The number of hydrogen-bond donors (Lipinski definition) is 1. The number of ether oxygens (including phenoxy) is 2. The fourth-order valence-corrected chi connectivity index (χ4v) is 1.66. The standard InChI is InChI=1S/C15H16F2N2O2/c1-3-7-18-14-12(16)9-13(17)15(19-14)21-11-6-4-5-10(8-11)20-2/h4-6,8-9H,3,7H2,1-2H3,(H,18,19). The van der Waals surface area contributed by atoms with Crippen molar-refractivity contribution in [2.45, 2.75) is 13.3 Å². The lowest BCUT2D eigenvalue weighted by Crippen LogP contribution is -2.06. The van der Waals surface area contributed by atoms with Crippen molar-refractivity contribution in [3.8, 4) is 17.4 Å². The third kappa shape index (κ3) is 3.81. The van der Waals surface area contributed by atoms with Crippen LogP contribution in [-0.4, -0.2) is 18.6 Å². The molecule has 0 fully saturated rings. The summed E-state index contributed by atoms with van der Waals surface area (Å²) in [5.74, 6) is -1.01. The fraction of sp³-hybridized carbons (Fsp3) is 0.267. The molecule has 112 valence electrons. The maximum atomic E-state index is 13.7. The third-order valence-electron chi connectivity index (χ3n) is 2.70. The topological polar surface area (TPSA) is 43.4 Å². The minimum atomic E-state index is -0.864. The summed E-state index contributed by atoms with van der Waals surface area (Å²) in [5, 5.41) is 2.78. The van der Waals surface area contributed by atoms with E-state index in [0.717, 1.165) is 12.5 Å². The molecular formula is C15H16F2N2O2. The SMILES string of the molecule is CCCNc1nc(Oc2cccc(OC)c2)c(F)cc1F. The number of halogens is 2. The van der Waals surface area contributed by atoms with Crippen LogP contribution in [0.2, 0.25) is 0 Å². The van der Waals surface area contributed by atoms with Crippen molar-refractivity contribution in [2.24, 2.45) is 0 Å². The Morgan fingerprint density at radius 1 is 1.14 bits per heavy atom. The molecular weight excluding hydrogens is 278 g/mol. The zero-order chi connectivity index (χ0) is 15.2. The predicted molar refractivity (Wildman–Crippen MR) is 76.0 cm³/mol. The number of nitrogens with zero attached hydrogens (tertiary/aromatic N) is 1. The van der Waals surface area contributed by atoms with Gasteiger partial charge in [0.25, 0.3) is 5.88 Å². The lowest BCUT2D eigenvalue weighted by Gasteiger charge is -2.10. The summed E-state index contributed by atoms with van der Waals surface area (Å²) in [6.07, 6.45) is 0.796. The number of aromatic nitrogens is 1. The van der Waals surface area contributed by atoms with Crippen LogP contribution in [0.1, 0.15) is 13.3 Å². The van der Waals surface area contributed by atoms with Gasteiger partial charge in [-0.15, -0.1) is 0 Å². The molecule has 1 N–H and O–H groups in total. The Labute approximate surface area is 121 Å². The van der Waals surface area contributed by atoms with Gasteiger partial charge in [-0.1, -0.05) is 13.0 Å². The minimum Gasteiger partial charge on any atom is -0.497 e. The van der Waals surface area contributed by atoms with Crippen LogP contribution in [0.15, 0.2) is 30.3 Å². The molecule has 0 aliphatic rings. The van der Waals surface area contributed by atoms with Crippen molar-refractivity contribution >= 4 is 5.82 Å². The van der Waals surface area contributed by atoms with Crippen LogP contribution in [0.25, 0.3) is 0 Å². The summed E-state index contributed by atoms with van der Waals surface area (Å²) in [5.41, 5.74) is 0. The van der Waals surface area contributed by atoms with E-state index in [1.807, 2.05) is 6.92 Å². The highest BCUT2D eigenvalue weighted by atomic mass is 19.1. The molecule has 0 unspecified atom stereocenters. The first kappa shape index (κ1) is 15.0. The van der Waals surface area contributed by atoms with Crippen LogP contribution in [0.4, 0.5) is 14.6 Å². The van der Waals surface area contributed by atoms with Gasteiger partial charge in [-0.05, 0) is 18.6 Å². The molecule has 0 saturated carbocycles. The lowest BCUT2D eigenvalue weighted by molar-refractivity contribution is 0.398. The Morgan fingerprint density at radius 2 is 1.90 bits per heavy atom. The Bertz CT molecular complexity index is 621. The summed E-state index contributed by atoms with van der Waals surface area (Å²) in [7, 11) is 1.52. The second kappa shape index (κ2) is 6.88.